The summed E-state index contributed by atoms with van der Waals surface area (Å²) in [6, 6.07) is 0.0573. The van der Waals surface area contributed by atoms with Crippen LogP contribution in [0.4, 0.5) is 0 Å². The molecule has 0 aromatic carbocycles. The van der Waals surface area contributed by atoms with Crippen LogP contribution in [0.3, 0.4) is 0 Å². The van der Waals surface area contributed by atoms with Gasteiger partial charge in [-0.3, -0.25) is 9.87 Å². The highest BCUT2D eigenvalue weighted by Gasteiger charge is 2.20. The van der Waals surface area contributed by atoms with Gasteiger partial charge in [0.05, 0.1) is 0 Å². The van der Waals surface area contributed by atoms with E-state index < -0.39 is 15.5 Å². The minimum Gasteiger partial charge on any atom is -0.297 e. The summed E-state index contributed by atoms with van der Waals surface area (Å²) in [6.45, 7) is 5.36. The number of nitrogens with one attached hydrogen (secondary N) is 1. The lowest BCUT2D eigenvalue weighted by molar-refractivity contribution is 0.432. The van der Waals surface area contributed by atoms with E-state index in [-0.39, 0.29) is 6.04 Å². The van der Waals surface area contributed by atoms with Crippen LogP contribution < -0.4 is 5.32 Å². The molecule has 0 saturated carbocycles. The highest BCUT2D eigenvalue weighted by molar-refractivity contribution is 7.86. The van der Waals surface area contributed by atoms with Gasteiger partial charge < -0.3 is 0 Å². The molecule has 68 valence electrons. The molecule has 0 aromatic rings. The Morgan fingerprint density at radius 3 is 2.00 bits per heavy atom. The van der Waals surface area contributed by atoms with Gasteiger partial charge in [0, 0.05) is 6.04 Å². The molecule has 1 atom stereocenters. The van der Waals surface area contributed by atoms with Crippen LogP contribution in [0.2, 0.25) is 0 Å². The Morgan fingerprint density at radius 1 is 1.45 bits per heavy atom. The van der Waals surface area contributed by atoms with Gasteiger partial charge in [-0.25, -0.2) is 0 Å². The third-order valence-corrected chi connectivity index (χ3v) is 2.44. The van der Waals surface area contributed by atoms with Gasteiger partial charge >= 0.3 is 0 Å². The molecule has 5 heteroatoms. The minimum absolute atomic E-state index is 0.0573. The Morgan fingerprint density at radius 2 is 1.91 bits per heavy atom. The molecular formula is C6H15NO3S. The summed E-state index contributed by atoms with van der Waals surface area (Å²) in [5.41, 5.74) is 0. The van der Waals surface area contributed by atoms with Gasteiger partial charge in [0.1, 0.15) is 5.37 Å². The Kier molecular flexibility index (Phi) is 3.99. The molecule has 0 aliphatic carbocycles. The van der Waals surface area contributed by atoms with Crippen molar-refractivity contribution in [1.82, 2.24) is 5.32 Å². The molecule has 0 aromatic heterocycles. The molecule has 2 N–H and O–H groups in total. The smallest absolute Gasteiger partial charge is 0.281 e. The first-order valence-electron chi connectivity index (χ1n) is 3.60. The van der Waals surface area contributed by atoms with Crippen LogP contribution in [0.5, 0.6) is 0 Å². The molecular weight excluding hydrogens is 166 g/mol. The predicted octanol–water partition coefficient (Wildman–Crippen LogP) is 0.608. The molecule has 11 heavy (non-hydrogen) atoms. The maximum Gasteiger partial charge on any atom is 0.281 e. The Bertz CT molecular complexity index is 198. The molecule has 0 aliphatic rings. The van der Waals surface area contributed by atoms with Gasteiger partial charge in [0.2, 0.25) is 0 Å². The SMILES string of the molecule is CCC(NC(C)C)S(=O)(=O)O. The average Bonchev–Trinajstić information content (AvgIpc) is 1.79. The topological polar surface area (TPSA) is 66.4 Å². The molecule has 0 fully saturated rings. The monoisotopic (exact) mass is 181 g/mol. The van der Waals surface area contributed by atoms with Crippen molar-refractivity contribution in [3.05, 3.63) is 0 Å². The Balaban J connectivity index is 4.20. The zero-order chi connectivity index (χ0) is 9.07. The van der Waals surface area contributed by atoms with Gasteiger partial charge in [-0.2, -0.15) is 8.42 Å². The highest BCUT2D eigenvalue weighted by Crippen LogP contribution is 2.00. The van der Waals surface area contributed by atoms with Crippen LogP contribution in [-0.2, 0) is 10.1 Å². The van der Waals surface area contributed by atoms with E-state index in [4.69, 9.17) is 4.55 Å². The van der Waals surface area contributed by atoms with Crippen molar-refractivity contribution in [2.24, 2.45) is 0 Å². The second-order valence-corrected chi connectivity index (χ2v) is 4.33. The van der Waals surface area contributed by atoms with E-state index in [9.17, 15) is 8.42 Å². The van der Waals surface area contributed by atoms with Crippen LogP contribution in [-0.4, -0.2) is 24.4 Å². The first-order chi connectivity index (χ1) is 4.88. The molecule has 0 heterocycles. The molecule has 4 nitrogen and oxygen atoms in total. The Labute approximate surface area is 67.7 Å². The van der Waals surface area contributed by atoms with E-state index in [0.29, 0.717) is 6.42 Å². The molecule has 0 amide bonds. The first-order valence-corrected chi connectivity index (χ1v) is 5.10. The maximum absolute atomic E-state index is 10.6. The van der Waals surface area contributed by atoms with Gasteiger partial charge in [0.15, 0.2) is 0 Å². The summed E-state index contributed by atoms with van der Waals surface area (Å²) in [7, 11) is -3.92. The first kappa shape index (κ1) is 10.9. The van der Waals surface area contributed by atoms with Crippen LogP contribution in [0.25, 0.3) is 0 Å². The third-order valence-electron chi connectivity index (χ3n) is 1.25. The van der Waals surface area contributed by atoms with Crippen LogP contribution in [0.15, 0.2) is 0 Å². The van der Waals surface area contributed by atoms with E-state index in [1.165, 1.54) is 0 Å². The minimum atomic E-state index is -3.92. The summed E-state index contributed by atoms with van der Waals surface area (Å²) in [4.78, 5) is 0. The van der Waals surface area contributed by atoms with Gasteiger partial charge in [-0.15, -0.1) is 0 Å². The number of rotatable bonds is 4. The summed E-state index contributed by atoms with van der Waals surface area (Å²) < 4.78 is 29.8. The highest BCUT2D eigenvalue weighted by atomic mass is 32.2. The molecule has 0 aliphatic heterocycles. The van der Waals surface area contributed by atoms with Crippen LogP contribution in [0.1, 0.15) is 27.2 Å². The van der Waals surface area contributed by atoms with Crippen molar-refractivity contribution < 1.29 is 13.0 Å². The second-order valence-electron chi connectivity index (χ2n) is 2.73. The molecule has 0 bridgehead atoms. The summed E-state index contributed by atoms with van der Waals surface area (Å²) in [5, 5.41) is 1.90. The lowest BCUT2D eigenvalue weighted by Gasteiger charge is -2.15. The third kappa shape index (κ3) is 4.34. The van der Waals surface area contributed by atoms with Crippen LogP contribution in [0, 0.1) is 0 Å². The van der Waals surface area contributed by atoms with Gasteiger partial charge in [0.25, 0.3) is 10.1 Å². The summed E-state index contributed by atoms with van der Waals surface area (Å²) in [6.07, 6.45) is 0.372. The quantitative estimate of drug-likeness (QED) is 0.623. The molecule has 1 unspecified atom stereocenters. The predicted molar refractivity (Wildman–Crippen MR) is 43.9 cm³/mol. The zero-order valence-corrected chi connectivity index (χ0v) is 7.85. The van der Waals surface area contributed by atoms with Crippen LogP contribution >= 0.6 is 0 Å². The van der Waals surface area contributed by atoms with Gasteiger partial charge in [-0.05, 0) is 20.3 Å². The lowest BCUT2D eigenvalue weighted by Crippen LogP contribution is -2.39. The fraction of sp³-hybridized carbons (Fsp3) is 1.00. The maximum atomic E-state index is 10.6. The van der Waals surface area contributed by atoms with E-state index in [1.807, 2.05) is 13.8 Å². The fourth-order valence-corrected chi connectivity index (χ4v) is 1.65. The lowest BCUT2D eigenvalue weighted by atomic mass is 10.3. The Hall–Kier alpha value is -0.130. The van der Waals surface area contributed by atoms with Gasteiger partial charge in [-0.1, -0.05) is 6.92 Å². The second kappa shape index (κ2) is 4.04. The molecule has 0 saturated heterocycles. The van der Waals surface area contributed by atoms with E-state index in [2.05, 4.69) is 5.32 Å². The van der Waals surface area contributed by atoms with Crippen molar-refractivity contribution in [3.8, 4) is 0 Å². The van der Waals surface area contributed by atoms with Crippen molar-refractivity contribution >= 4 is 10.1 Å². The zero-order valence-electron chi connectivity index (χ0n) is 7.03. The summed E-state index contributed by atoms with van der Waals surface area (Å²) >= 11 is 0. The molecule has 0 radical (unpaired) electrons. The van der Waals surface area contributed by atoms with E-state index in [1.54, 1.807) is 6.92 Å². The average molecular weight is 181 g/mol. The van der Waals surface area contributed by atoms with Crippen molar-refractivity contribution in [1.29, 1.82) is 0 Å². The van der Waals surface area contributed by atoms with E-state index in [0.717, 1.165) is 0 Å². The summed E-state index contributed by atoms with van der Waals surface area (Å²) in [5.74, 6) is 0. The van der Waals surface area contributed by atoms with Crippen molar-refractivity contribution in [3.63, 3.8) is 0 Å². The standard InChI is InChI=1S/C6H15NO3S/c1-4-6(7-5(2)3)11(8,9)10/h5-7H,4H2,1-3H3,(H,8,9,10). The largest absolute Gasteiger partial charge is 0.297 e. The molecule has 0 spiro atoms. The molecule has 0 rings (SSSR count). The number of hydrogen-bond donors (Lipinski definition) is 2. The fourth-order valence-electron chi connectivity index (χ4n) is 0.786. The van der Waals surface area contributed by atoms with Crippen molar-refractivity contribution in [2.45, 2.75) is 38.6 Å². The number of hydrogen-bond acceptors (Lipinski definition) is 3. The normalized spacial score (nSPS) is 15.4. The van der Waals surface area contributed by atoms with Crippen molar-refractivity contribution in [2.75, 3.05) is 0 Å². The van der Waals surface area contributed by atoms with E-state index >= 15 is 0 Å².